The lowest BCUT2D eigenvalue weighted by molar-refractivity contribution is -0.115. The molecule has 0 aliphatic rings. The first-order chi connectivity index (χ1) is 2.81. The Morgan fingerprint density at radius 1 is 2.40 bits per heavy atom. The minimum atomic E-state index is -0.213. The summed E-state index contributed by atoms with van der Waals surface area (Å²) in [7, 11) is 0. The fourth-order valence-corrected chi connectivity index (χ4v) is 0. The van der Waals surface area contributed by atoms with Gasteiger partial charge < -0.3 is 5.73 Å². The zero-order chi connectivity index (χ0) is 4.99. The van der Waals surface area contributed by atoms with Crippen LogP contribution in [0.2, 0.25) is 0 Å². The van der Waals surface area contributed by atoms with Gasteiger partial charge in [0.1, 0.15) is 5.78 Å². The standard InChI is InChI=1S/C3H7NO/c1-3(5)2-4/h2,4H2,1H3/i1D. The molecule has 0 amide bonds. The molecule has 0 radical (unpaired) electrons. The molecule has 2 N–H and O–H groups in total. The molecule has 2 nitrogen and oxygen atoms in total. The Morgan fingerprint density at radius 2 is 3.00 bits per heavy atom. The van der Waals surface area contributed by atoms with Gasteiger partial charge in [0, 0.05) is 1.37 Å². The third kappa shape index (κ3) is 3.63. The summed E-state index contributed by atoms with van der Waals surface area (Å²) in [6.07, 6.45) is 0. The maximum Gasteiger partial charge on any atom is 0.143 e. The fourth-order valence-electron chi connectivity index (χ4n) is 0. The van der Waals surface area contributed by atoms with Crippen molar-refractivity contribution < 1.29 is 6.17 Å². The average molecular weight is 74.1 g/mol. The van der Waals surface area contributed by atoms with Crippen LogP contribution < -0.4 is 5.73 Å². The SMILES string of the molecule is [2H]CC(=O)CN. The second-order valence-corrected chi connectivity index (χ2v) is 0.743. The lowest BCUT2D eigenvalue weighted by atomic mass is 10.5. The number of Topliss-reactive ketones (excluding diaryl/α,β-unsaturated/α-hetero) is 1. The van der Waals surface area contributed by atoms with Gasteiger partial charge in [-0.3, -0.25) is 4.79 Å². The van der Waals surface area contributed by atoms with E-state index < -0.39 is 0 Å². The first-order valence-electron chi connectivity index (χ1n) is 2.03. The topological polar surface area (TPSA) is 43.1 Å². The second-order valence-electron chi connectivity index (χ2n) is 0.743. The molecule has 0 aromatic carbocycles. The van der Waals surface area contributed by atoms with E-state index in [0.29, 0.717) is 0 Å². The Balaban J connectivity index is 2.99. The van der Waals surface area contributed by atoms with Gasteiger partial charge in [-0.1, -0.05) is 0 Å². The van der Waals surface area contributed by atoms with Crippen molar-refractivity contribution in [3.05, 3.63) is 0 Å². The Labute approximate surface area is 32.4 Å². The van der Waals surface area contributed by atoms with E-state index in [0.717, 1.165) is 0 Å². The van der Waals surface area contributed by atoms with Crippen LogP contribution in [0, 0.1) is 0 Å². The molecule has 0 heterocycles. The minimum Gasteiger partial charge on any atom is -0.324 e. The van der Waals surface area contributed by atoms with Crippen LogP contribution in [-0.4, -0.2) is 12.3 Å². The lowest BCUT2D eigenvalue weighted by Crippen LogP contribution is -2.07. The highest BCUT2D eigenvalue weighted by molar-refractivity contribution is 5.77. The van der Waals surface area contributed by atoms with Crippen LogP contribution in [0.25, 0.3) is 0 Å². The van der Waals surface area contributed by atoms with Gasteiger partial charge >= 0.3 is 0 Å². The van der Waals surface area contributed by atoms with Crippen molar-refractivity contribution in [3.8, 4) is 0 Å². The van der Waals surface area contributed by atoms with E-state index in [-0.39, 0.29) is 19.2 Å². The number of carbonyl (C=O) groups is 1. The van der Waals surface area contributed by atoms with E-state index in [4.69, 9.17) is 7.10 Å². The van der Waals surface area contributed by atoms with Crippen molar-refractivity contribution >= 4 is 5.78 Å². The van der Waals surface area contributed by atoms with Crippen LogP contribution in [0.3, 0.4) is 0 Å². The van der Waals surface area contributed by atoms with Gasteiger partial charge in [-0.05, 0) is 6.90 Å². The number of hydrogen-bond donors (Lipinski definition) is 1. The summed E-state index contributed by atoms with van der Waals surface area (Å²) in [5.74, 6) is -0.213. The van der Waals surface area contributed by atoms with Crippen molar-refractivity contribution in [2.24, 2.45) is 5.73 Å². The van der Waals surface area contributed by atoms with Gasteiger partial charge in [-0.2, -0.15) is 0 Å². The van der Waals surface area contributed by atoms with Gasteiger partial charge in [0.15, 0.2) is 0 Å². The van der Waals surface area contributed by atoms with Crippen LogP contribution in [0.4, 0.5) is 0 Å². The highest BCUT2D eigenvalue weighted by Crippen LogP contribution is 1.51. The molecule has 0 spiro atoms. The predicted octanol–water partition coefficient (Wildman–Crippen LogP) is -0.466. The Kier molecular flexibility index (Phi) is 1.08. The molecule has 30 valence electrons. The maximum atomic E-state index is 9.87. The van der Waals surface area contributed by atoms with Crippen molar-refractivity contribution in [2.75, 3.05) is 6.54 Å². The highest BCUT2D eigenvalue weighted by Gasteiger charge is 1.76. The molecule has 0 saturated heterocycles. The molecule has 0 aliphatic heterocycles. The van der Waals surface area contributed by atoms with Gasteiger partial charge in [0.05, 0.1) is 6.54 Å². The summed E-state index contributed by atoms with van der Waals surface area (Å²) < 4.78 is 6.38. The molecule has 0 fully saturated rings. The smallest absolute Gasteiger partial charge is 0.143 e. The number of rotatable bonds is 1. The average Bonchev–Trinajstić information content (AvgIpc) is 1.65. The Morgan fingerprint density at radius 3 is 3.00 bits per heavy atom. The summed E-state index contributed by atoms with van der Waals surface area (Å²) in [5, 5.41) is 0. The lowest BCUT2D eigenvalue weighted by Gasteiger charge is -1.73. The first-order valence-corrected chi connectivity index (χ1v) is 1.32. The molecule has 0 saturated carbocycles. The van der Waals surface area contributed by atoms with Crippen LogP contribution in [0.5, 0.6) is 0 Å². The normalized spacial score (nSPS) is 10.2. The number of carbonyl (C=O) groups excluding carboxylic acids is 1. The minimum absolute atomic E-state index is 0.00347. The summed E-state index contributed by atoms with van der Waals surface area (Å²) in [6, 6.07) is 0. The number of hydrogen-bond acceptors (Lipinski definition) is 2. The van der Waals surface area contributed by atoms with E-state index in [1.807, 2.05) is 0 Å². The Bertz CT molecular complexity index is 48.8. The van der Waals surface area contributed by atoms with E-state index >= 15 is 0 Å². The number of nitrogens with two attached hydrogens (primary N) is 1. The molecular formula is C3H7NO. The van der Waals surface area contributed by atoms with Gasteiger partial charge in [-0.25, -0.2) is 0 Å². The molecular weight excluding hydrogens is 66.0 g/mol. The second kappa shape index (κ2) is 1.91. The van der Waals surface area contributed by atoms with E-state index in [1.54, 1.807) is 0 Å². The molecule has 0 unspecified atom stereocenters. The van der Waals surface area contributed by atoms with E-state index in [2.05, 4.69) is 0 Å². The molecule has 0 aromatic heterocycles. The molecule has 2 heteroatoms. The van der Waals surface area contributed by atoms with Crippen molar-refractivity contribution in [3.63, 3.8) is 0 Å². The Hall–Kier alpha value is -0.370. The summed E-state index contributed by atoms with van der Waals surface area (Å²) >= 11 is 0. The van der Waals surface area contributed by atoms with Gasteiger partial charge in [0.25, 0.3) is 0 Å². The predicted molar refractivity (Wildman–Crippen MR) is 19.7 cm³/mol. The van der Waals surface area contributed by atoms with Crippen molar-refractivity contribution in [1.82, 2.24) is 0 Å². The zero-order valence-electron chi connectivity index (χ0n) is 3.90. The first kappa shape index (κ1) is 2.85. The molecule has 5 heavy (non-hydrogen) atoms. The quantitative estimate of drug-likeness (QED) is 0.457. The summed E-state index contributed by atoms with van der Waals surface area (Å²) in [5.41, 5.74) is 4.81. The van der Waals surface area contributed by atoms with Crippen LogP contribution >= 0.6 is 0 Å². The third-order valence-electron chi connectivity index (χ3n) is 0.228. The molecule has 0 aliphatic carbocycles. The monoisotopic (exact) mass is 74.1 g/mol. The molecule has 0 aromatic rings. The van der Waals surface area contributed by atoms with E-state index in [1.165, 1.54) is 0 Å². The third-order valence-corrected chi connectivity index (χ3v) is 0.228. The van der Waals surface area contributed by atoms with Gasteiger partial charge in [-0.15, -0.1) is 0 Å². The van der Waals surface area contributed by atoms with Crippen LogP contribution in [0.1, 0.15) is 8.27 Å². The summed E-state index contributed by atoms with van der Waals surface area (Å²) in [6.45, 7) is -0.181. The highest BCUT2D eigenvalue weighted by atomic mass is 16.1. The van der Waals surface area contributed by atoms with Crippen LogP contribution in [0.15, 0.2) is 0 Å². The summed E-state index contributed by atoms with van der Waals surface area (Å²) in [4.78, 5) is 9.87. The van der Waals surface area contributed by atoms with Crippen LogP contribution in [-0.2, 0) is 4.79 Å². The largest absolute Gasteiger partial charge is 0.324 e. The van der Waals surface area contributed by atoms with Crippen molar-refractivity contribution in [1.29, 1.82) is 0 Å². The molecule has 0 rings (SSSR count). The zero-order valence-corrected chi connectivity index (χ0v) is 2.90. The van der Waals surface area contributed by atoms with Gasteiger partial charge in [0.2, 0.25) is 0 Å². The number of ketones is 1. The molecule has 0 atom stereocenters. The van der Waals surface area contributed by atoms with E-state index in [9.17, 15) is 4.79 Å². The molecule has 0 bridgehead atoms. The van der Waals surface area contributed by atoms with Crippen molar-refractivity contribution in [2.45, 2.75) is 6.90 Å². The fraction of sp³-hybridized carbons (Fsp3) is 0.667. The maximum absolute atomic E-state index is 9.87.